The quantitative estimate of drug-likeness (QED) is 0.797. The van der Waals surface area contributed by atoms with Crippen molar-refractivity contribution in [3.05, 3.63) is 29.3 Å². The number of likely N-dealkylation sites (N-methyl/N-ethyl adjacent to an activating group) is 1. The number of nitrogens with one attached hydrogen (secondary N) is 2. The zero-order valence-corrected chi connectivity index (χ0v) is 11.3. The molecule has 0 aliphatic heterocycles. The summed E-state index contributed by atoms with van der Waals surface area (Å²) in [6.45, 7) is 0.451. The van der Waals surface area contributed by atoms with Gasteiger partial charge in [-0.05, 0) is 25.2 Å². The standard InChI is InChI=1S/C11H12F3N3O2S/c1-16-4-5-17-20(18,19)9-2-3-10(11(12,13)14)8(6-9)7-15/h2-3,6,16-17H,4-5H2,1H3. The number of halogens is 3. The highest BCUT2D eigenvalue weighted by Gasteiger charge is 2.34. The largest absolute Gasteiger partial charge is 0.417 e. The van der Waals surface area contributed by atoms with E-state index in [0.717, 1.165) is 6.07 Å². The third kappa shape index (κ3) is 3.93. The predicted molar refractivity (Wildman–Crippen MR) is 65.3 cm³/mol. The minimum absolute atomic E-state index is 0.0851. The number of nitriles is 1. The summed E-state index contributed by atoms with van der Waals surface area (Å²) in [4.78, 5) is -0.377. The van der Waals surface area contributed by atoms with Crippen LogP contribution in [-0.2, 0) is 16.2 Å². The normalized spacial score (nSPS) is 12.2. The second-order valence-electron chi connectivity index (χ2n) is 3.82. The maximum absolute atomic E-state index is 12.6. The number of benzene rings is 1. The molecule has 0 atom stereocenters. The van der Waals surface area contributed by atoms with Crippen LogP contribution in [0.25, 0.3) is 0 Å². The molecule has 0 aliphatic carbocycles. The second-order valence-corrected chi connectivity index (χ2v) is 5.59. The zero-order valence-electron chi connectivity index (χ0n) is 10.5. The summed E-state index contributed by atoms with van der Waals surface area (Å²) in [5, 5.41) is 11.4. The molecule has 0 spiro atoms. The van der Waals surface area contributed by atoms with Gasteiger partial charge in [-0.25, -0.2) is 13.1 Å². The first-order valence-corrected chi connectivity index (χ1v) is 6.96. The molecule has 0 saturated carbocycles. The Morgan fingerprint density at radius 3 is 2.45 bits per heavy atom. The molecule has 1 aromatic rings. The Bertz CT molecular complexity index is 621. The van der Waals surface area contributed by atoms with E-state index in [1.54, 1.807) is 7.05 Å². The van der Waals surface area contributed by atoms with Crippen LogP contribution >= 0.6 is 0 Å². The molecule has 0 heterocycles. The van der Waals surface area contributed by atoms with Gasteiger partial charge in [0.15, 0.2) is 0 Å². The molecule has 0 aliphatic rings. The summed E-state index contributed by atoms with van der Waals surface area (Å²) in [7, 11) is -2.31. The van der Waals surface area contributed by atoms with Gasteiger partial charge >= 0.3 is 6.18 Å². The van der Waals surface area contributed by atoms with Crippen molar-refractivity contribution in [3.8, 4) is 6.07 Å². The molecule has 0 saturated heterocycles. The topological polar surface area (TPSA) is 82.0 Å². The SMILES string of the molecule is CNCCNS(=O)(=O)c1ccc(C(F)(F)F)c(C#N)c1. The molecular formula is C11H12F3N3O2S. The van der Waals surface area contributed by atoms with Gasteiger partial charge in [-0.3, -0.25) is 0 Å². The van der Waals surface area contributed by atoms with Crippen molar-refractivity contribution in [1.29, 1.82) is 5.26 Å². The lowest BCUT2D eigenvalue weighted by atomic mass is 10.1. The number of hydrogen-bond donors (Lipinski definition) is 2. The molecule has 0 unspecified atom stereocenters. The summed E-state index contributed by atoms with van der Waals surface area (Å²) in [5.41, 5.74) is -1.89. The first kappa shape index (κ1) is 16.4. The fraction of sp³-hybridized carbons (Fsp3) is 0.364. The number of rotatable bonds is 5. The van der Waals surface area contributed by atoms with Crippen LogP contribution in [0.4, 0.5) is 13.2 Å². The first-order chi connectivity index (χ1) is 9.22. The highest BCUT2D eigenvalue weighted by Crippen LogP contribution is 2.32. The lowest BCUT2D eigenvalue weighted by molar-refractivity contribution is -0.137. The smallest absolute Gasteiger partial charge is 0.318 e. The van der Waals surface area contributed by atoms with Crippen molar-refractivity contribution in [2.75, 3.05) is 20.1 Å². The van der Waals surface area contributed by atoms with Crippen LogP contribution in [0.15, 0.2) is 23.1 Å². The Morgan fingerprint density at radius 2 is 1.95 bits per heavy atom. The molecule has 20 heavy (non-hydrogen) atoms. The number of nitrogens with zero attached hydrogens (tertiary/aromatic N) is 1. The lowest BCUT2D eigenvalue weighted by Gasteiger charge is -2.11. The molecule has 0 bridgehead atoms. The fourth-order valence-electron chi connectivity index (χ4n) is 1.42. The van der Waals surface area contributed by atoms with E-state index in [0.29, 0.717) is 18.7 Å². The average molecular weight is 307 g/mol. The van der Waals surface area contributed by atoms with E-state index in [9.17, 15) is 21.6 Å². The molecule has 9 heteroatoms. The molecule has 0 aromatic heterocycles. The van der Waals surface area contributed by atoms with E-state index in [2.05, 4.69) is 10.0 Å². The van der Waals surface area contributed by atoms with Crippen LogP contribution in [0.2, 0.25) is 0 Å². The monoisotopic (exact) mass is 307 g/mol. The summed E-state index contributed by atoms with van der Waals surface area (Å²) in [6.07, 6.45) is -4.70. The minimum Gasteiger partial charge on any atom is -0.318 e. The van der Waals surface area contributed by atoms with Gasteiger partial charge in [0.2, 0.25) is 10.0 Å². The summed E-state index contributed by atoms with van der Waals surface area (Å²) in [5.74, 6) is 0. The summed E-state index contributed by atoms with van der Waals surface area (Å²) < 4.78 is 63.6. The van der Waals surface area contributed by atoms with Gasteiger partial charge in [-0.1, -0.05) is 0 Å². The van der Waals surface area contributed by atoms with Crippen molar-refractivity contribution >= 4 is 10.0 Å². The second kappa shape index (κ2) is 6.21. The lowest BCUT2D eigenvalue weighted by Crippen LogP contribution is -2.30. The Hall–Kier alpha value is -1.63. The highest BCUT2D eigenvalue weighted by atomic mass is 32.2. The highest BCUT2D eigenvalue weighted by molar-refractivity contribution is 7.89. The van der Waals surface area contributed by atoms with Crippen LogP contribution < -0.4 is 10.0 Å². The number of hydrogen-bond acceptors (Lipinski definition) is 4. The van der Waals surface area contributed by atoms with Crippen LogP contribution in [0.3, 0.4) is 0 Å². The van der Waals surface area contributed by atoms with Gasteiger partial charge in [0, 0.05) is 13.1 Å². The number of sulfonamides is 1. The van der Waals surface area contributed by atoms with Gasteiger partial charge in [-0.2, -0.15) is 18.4 Å². The maximum atomic E-state index is 12.6. The van der Waals surface area contributed by atoms with Crippen LogP contribution in [0, 0.1) is 11.3 Å². The molecule has 110 valence electrons. The van der Waals surface area contributed by atoms with Crippen molar-refractivity contribution in [3.63, 3.8) is 0 Å². The fourth-order valence-corrected chi connectivity index (χ4v) is 2.48. The molecule has 0 fully saturated rings. The minimum atomic E-state index is -4.70. The molecule has 0 radical (unpaired) electrons. The van der Waals surface area contributed by atoms with Gasteiger partial charge in [-0.15, -0.1) is 0 Å². The van der Waals surface area contributed by atoms with Crippen molar-refractivity contribution < 1.29 is 21.6 Å². The first-order valence-electron chi connectivity index (χ1n) is 5.48. The molecule has 0 amide bonds. The van der Waals surface area contributed by atoms with Crippen molar-refractivity contribution in [2.45, 2.75) is 11.1 Å². The van der Waals surface area contributed by atoms with Crippen molar-refractivity contribution in [2.24, 2.45) is 0 Å². The third-order valence-corrected chi connectivity index (χ3v) is 3.85. The van der Waals surface area contributed by atoms with Crippen LogP contribution in [0.1, 0.15) is 11.1 Å². The summed E-state index contributed by atoms with van der Waals surface area (Å²) in [6, 6.07) is 3.48. The predicted octanol–water partition coefficient (Wildman–Crippen LogP) is 1.07. The molecular weight excluding hydrogens is 295 g/mol. The van der Waals surface area contributed by atoms with Gasteiger partial charge in [0.1, 0.15) is 0 Å². The molecule has 5 nitrogen and oxygen atoms in total. The van der Waals surface area contributed by atoms with Gasteiger partial charge < -0.3 is 5.32 Å². The van der Waals surface area contributed by atoms with Gasteiger partial charge in [0.25, 0.3) is 0 Å². The molecule has 2 N–H and O–H groups in total. The Kier molecular flexibility index (Phi) is 5.10. The maximum Gasteiger partial charge on any atom is 0.417 e. The van der Waals surface area contributed by atoms with Gasteiger partial charge in [0.05, 0.1) is 22.1 Å². The van der Waals surface area contributed by atoms with Crippen LogP contribution in [0.5, 0.6) is 0 Å². The molecule has 1 aromatic carbocycles. The van der Waals surface area contributed by atoms with E-state index in [1.165, 1.54) is 6.07 Å². The van der Waals surface area contributed by atoms with E-state index >= 15 is 0 Å². The molecule has 1 rings (SSSR count). The summed E-state index contributed by atoms with van der Waals surface area (Å²) >= 11 is 0. The van der Waals surface area contributed by atoms with E-state index in [4.69, 9.17) is 5.26 Å². The third-order valence-electron chi connectivity index (χ3n) is 2.39. The van der Waals surface area contributed by atoms with Crippen LogP contribution in [-0.4, -0.2) is 28.6 Å². The van der Waals surface area contributed by atoms with E-state index in [1.807, 2.05) is 0 Å². The van der Waals surface area contributed by atoms with E-state index in [-0.39, 0.29) is 11.4 Å². The average Bonchev–Trinajstić information content (AvgIpc) is 2.37. The van der Waals surface area contributed by atoms with Crippen molar-refractivity contribution in [1.82, 2.24) is 10.0 Å². The number of alkyl halides is 3. The zero-order chi connectivity index (χ0) is 15.4. The Balaban J connectivity index is 3.14. The Morgan fingerprint density at radius 1 is 1.30 bits per heavy atom. The Labute approximate surface area is 114 Å². The van der Waals surface area contributed by atoms with E-state index < -0.39 is 27.3 Å².